The average molecular weight is 240 g/mol. The first-order chi connectivity index (χ1) is 7.20. The molecule has 0 bridgehead atoms. The molecule has 3 nitrogen and oxygen atoms in total. The molecule has 96 valence electrons. The van der Waals surface area contributed by atoms with E-state index in [1.54, 1.807) is 12.2 Å². The molecule has 0 saturated carbocycles. The molecular weight excluding hydrogens is 221 g/mol. The van der Waals surface area contributed by atoms with Gasteiger partial charge in [-0.05, 0) is 25.7 Å². The Hall–Kier alpha value is -0.940. The maximum atomic E-state index is 11.8. The Morgan fingerprint density at radius 1 is 1.19 bits per heavy atom. The fourth-order valence-corrected chi connectivity index (χ4v) is 1.11. The monoisotopic (exact) mass is 240 g/mol. The van der Waals surface area contributed by atoms with Gasteiger partial charge in [-0.15, -0.1) is 0 Å². The minimum atomic E-state index is -4.36. The predicted octanol–water partition coefficient (Wildman–Crippen LogP) is 2.67. The van der Waals surface area contributed by atoms with Crippen molar-refractivity contribution >= 4 is 6.03 Å². The lowest BCUT2D eigenvalue weighted by atomic mass is 10.0. The lowest BCUT2D eigenvalue weighted by Gasteiger charge is -2.16. The molecule has 1 atom stereocenters. The molecule has 0 radical (unpaired) electrons. The largest absolute Gasteiger partial charge is 0.405 e. The Morgan fingerprint density at radius 2 is 1.75 bits per heavy atom. The van der Waals surface area contributed by atoms with Crippen LogP contribution in [0.1, 0.15) is 33.6 Å². The number of hydrogen-bond acceptors (Lipinski definition) is 1. The van der Waals surface area contributed by atoms with Crippen molar-refractivity contribution < 1.29 is 18.0 Å². The van der Waals surface area contributed by atoms with Gasteiger partial charge in [0.15, 0.2) is 0 Å². The van der Waals surface area contributed by atoms with Gasteiger partial charge in [-0.3, -0.25) is 0 Å². The molecule has 0 aromatic carbocycles. The fraction of sp³-hybridized carbons (Fsp3) is 0.900. The Morgan fingerprint density at radius 3 is 2.19 bits per heavy atom. The van der Waals surface area contributed by atoms with E-state index in [4.69, 9.17) is 0 Å². The molecule has 0 heterocycles. The number of rotatable bonds is 5. The van der Waals surface area contributed by atoms with Gasteiger partial charge in [-0.1, -0.05) is 13.8 Å². The number of alkyl halides is 3. The maximum absolute atomic E-state index is 11.8. The third kappa shape index (κ3) is 9.61. The van der Waals surface area contributed by atoms with E-state index in [2.05, 4.69) is 19.2 Å². The van der Waals surface area contributed by atoms with Gasteiger partial charge in [0.2, 0.25) is 0 Å². The number of urea groups is 1. The van der Waals surface area contributed by atoms with Gasteiger partial charge in [0.05, 0.1) is 0 Å². The molecular formula is C10H19F3N2O. The number of hydrogen-bond donors (Lipinski definition) is 2. The Balaban J connectivity index is 3.70. The Bertz CT molecular complexity index is 217. The summed E-state index contributed by atoms with van der Waals surface area (Å²) < 4.78 is 35.3. The summed E-state index contributed by atoms with van der Waals surface area (Å²) in [5.41, 5.74) is 0. The van der Waals surface area contributed by atoms with Crippen LogP contribution in [0.5, 0.6) is 0 Å². The highest BCUT2D eigenvalue weighted by Gasteiger charge is 2.27. The summed E-state index contributed by atoms with van der Waals surface area (Å²) in [6.07, 6.45) is -2.67. The summed E-state index contributed by atoms with van der Waals surface area (Å²) in [6, 6.07) is -0.885. The number of carbonyl (C=O) groups is 1. The van der Waals surface area contributed by atoms with Crippen LogP contribution in [0.25, 0.3) is 0 Å². The highest BCUT2D eigenvalue weighted by Crippen LogP contribution is 2.12. The molecule has 0 saturated heterocycles. The molecule has 2 amide bonds. The molecule has 0 aliphatic carbocycles. The molecule has 0 rings (SSSR count). The predicted molar refractivity (Wildman–Crippen MR) is 56.1 cm³/mol. The number of amides is 2. The van der Waals surface area contributed by atoms with E-state index in [1.165, 1.54) is 0 Å². The second-order valence-corrected chi connectivity index (χ2v) is 4.31. The topological polar surface area (TPSA) is 41.1 Å². The van der Waals surface area contributed by atoms with E-state index in [0.717, 1.165) is 12.8 Å². The summed E-state index contributed by atoms with van der Waals surface area (Å²) in [7, 11) is 0. The van der Waals surface area contributed by atoms with Crippen molar-refractivity contribution in [3.63, 3.8) is 0 Å². The molecule has 2 N–H and O–H groups in total. The van der Waals surface area contributed by atoms with E-state index in [-0.39, 0.29) is 6.04 Å². The summed E-state index contributed by atoms with van der Waals surface area (Å²) in [4.78, 5) is 11.0. The zero-order chi connectivity index (χ0) is 12.8. The molecule has 0 spiro atoms. The SMILES string of the molecule is CC(C)CCC(C)NC(=O)NCC(F)(F)F. The molecule has 0 fully saturated rings. The lowest BCUT2D eigenvalue weighted by Crippen LogP contribution is -2.44. The van der Waals surface area contributed by atoms with Crippen LogP contribution in [0.15, 0.2) is 0 Å². The number of carbonyl (C=O) groups excluding carboxylic acids is 1. The average Bonchev–Trinajstić information content (AvgIpc) is 2.10. The summed E-state index contributed by atoms with van der Waals surface area (Å²) in [5.74, 6) is 0.516. The summed E-state index contributed by atoms with van der Waals surface area (Å²) >= 11 is 0. The fourth-order valence-electron chi connectivity index (χ4n) is 1.11. The zero-order valence-corrected chi connectivity index (χ0v) is 9.82. The first-order valence-electron chi connectivity index (χ1n) is 5.32. The van der Waals surface area contributed by atoms with Gasteiger partial charge in [-0.2, -0.15) is 13.2 Å². The van der Waals surface area contributed by atoms with E-state index in [0.29, 0.717) is 5.92 Å². The minimum absolute atomic E-state index is 0.115. The van der Waals surface area contributed by atoms with Crippen LogP contribution >= 0.6 is 0 Å². The van der Waals surface area contributed by atoms with E-state index in [9.17, 15) is 18.0 Å². The van der Waals surface area contributed by atoms with Gasteiger partial charge in [-0.25, -0.2) is 4.79 Å². The molecule has 1 unspecified atom stereocenters. The molecule has 0 aliphatic rings. The molecule has 16 heavy (non-hydrogen) atoms. The highest BCUT2D eigenvalue weighted by atomic mass is 19.4. The first-order valence-corrected chi connectivity index (χ1v) is 5.32. The zero-order valence-electron chi connectivity index (χ0n) is 9.82. The lowest BCUT2D eigenvalue weighted by molar-refractivity contribution is -0.122. The smallest absolute Gasteiger partial charge is 0.336 e. The van der Waals surface area contributed by atoms with Gasteiger partial charge in [0.1, 0.15) is 6.54 Å². The van der Waals surface area contributed by atoms with Crippen molar-refractivity contribution in [3.8, 4) is 0 Å². The normalized spacial score (nSPS) is 13.7. The quantitative estimate of drug-likeness (QED) is 0.762. The molecule has 0 aromatic heterocycles. The van der Waals surface area contributed by atoms with Crippen LogP contribution in [-0.4, -0.2) is 24.8 Å². The number of halogens is 3. The van der Waals surface area contributed by atoms with Crippen molar-refractivity contribution in [3.05, 3.63) is 0 Å². The van der Waals surface area contributed by atoms with Crippen LogP contribution in [0.4, 0.5) is 18.0 Å². The maximum Gasteiger partial charge on any atom is 0.405 e. The summed E-state index contributed by atoms with van der Waals surface area (Å²) in [5, 5.41) is 4.22. The van der Waals surface area contributed by atoms with Gasteiger partial charge < -0.3 is 10.6 Å². The van der Waals surface area contributed by atoms with Crippen LogP contribution in [0.3, 0.4) is 0 Å². The van der Waals surface area contributed by atoms with Crippen molar-refractivity contribution in [2.45, 2.75) is 45.8 Å². The van der Waals surface area contributed by atoms with E-state index < -0.39 is 18.8 Å². The van der Waals surface area contributed by atoms with Crippen LogP contribution in [0, 0.1) is 5.92 Å². The van der Waals surface area contributed by atoms with E-state index >= 15 is 0 Å². The highest BCUT2D eigenvalue weighted by molar-refractivity contribution is 5.74. The van der Waals surface area contributed by atoms with Crippen LogP contribution in [-0.2, 0) is 0 Å². The first kappa shape index (κ1) is 15.1. The van der Waals surface area contributed by atoms with Crippen molar-refractivity contribution in [1.82, 2.24) is 10.6 Å². The second-order valence-electron chi connectivity index (χ2n) is 4.31. The van der Waals surface area contributed by atoms with Gasteiger partial charge in [0.25, 0.3) is 0 Å². The third-order valence-electron chi connectivity index (χ3n) is 2.00. The van der Waals surface area contributed by atoms with Crippen LogP contribution in [0.2, 0.25) is 0 Å². The van der Waals surface area contributed by atoms with Gasteiger partial charge in [0, 0.05) is 6.04 Å². The molecule has 0 aliphatic heterocycles. The van der Waals surface area contributed by atoms with Crippen molar-refractivity contribution in [2.24, 2.45) is 5.92 Å². The standard InChI is InChI=1S/C10H19F3N2O/c1-7(2)4-5-8(3)15-9(16)14-6-10(11,12)13/h7-8H,4-6H2,1-3H3,(H2,14,15,16). The summed E-state index contributed by atoms with van der Waals surface area (Å²) in [6.45, 7) is 4.58. The molecule has 0 aromatic rings. The Labute approximate surface area is 93.8 Å². The minimum Gasteiger partial charge on any atom is -0.336 e. The van der Waals surface area contributed by atoms with Crippen LogP contribution < -0.4 is 10.6 Å². The Kier molecular flexibility index (Phi) is 6.21. The van der Waals surface area contributed by atoms with Gasteiger partial charge >= 0.3 is 12.2 Å². The number of nitrogens with one attached hydrogen (secondary N) is 2. The van der Waals surface area contributed by atoms with Crippen molar-refractivity contribution in [1.29, 1.82) is 0 Å². The second kappa shape index (κ2) is 6.60. The molecule has 6 heteroatoms. The van der Waals surface area contributed by atoms with E-state index in [1.807, 2.05) is 0 Å². The third-order valence-corrected chi connectivity index (χ3v) is 2.00. The van der Waals surface area contributed by atoms with Crippen molar-refractivity contribution in [2.75, 3.05) is 6.54 Å².